The highest BCUT2D eigenvalue weighted by molar-refractivity contribution is 7.08. The Balaban J connectivity index is 1.80. The van der Waals surface area contributed by atoms with Gasteiger partial charge in [-0.2, -0.15) is 11.3 Å². The first kappa shape index (κ1) is 12.9. The minimum absolute atomic E-state index is 0.317. The van der Waals surface area contributed by atoms with E-state index in [1.165, 1.54) is 36.0 Å². The van der Waals surface area contributed by atoms with Crippen LogP contribution in [-0.2, 0) is 6.42 Å². The maximum atomic E-state index is 10.5. The standard InChI is InChI=1S/C17H20OS/c1-12-10-19-11-16(12)17(18)9-14-7-4-6-13-5-2-3-8-15(13)14/h2-3,5,8,10-11,14,17-18H,4,6-7,9H2,1H3. The number of benzene rings is 1. The van der Waals surface area contributed by atoms with E-state index in [4.69, 9.17) is 0 Å². The Morgan fingerprint density at radius 3 is 2.95 bits per heavy atom. The van der Waals surface area contributed by atoms with E-state index in [-0.39, 0.29) is 6.10 Å². The van der Waals surface area contributed by atoms with E-state index >= 15 is 0 Å². The van der Waals surface area contributed by atoms with Crippen LogP contribution in [0.25, 0.3) is 0 Å². The molecule has 0 bridgehead atoms. The Morgan fingerprint density at radius 1 is 1.32 bits per heavy atom. The van der Waals surface area contributed by atoms with Crippen molar-refractivity contribution < 1.29 is 5.11 Å². The van der Waals surface area contributed by atoms with Crippen molar-refractivity contribution in [2.75, 3.05) is 0 Å². The number of aliphatic hydroxyl groups excluding tert-OH is 1. The van der Waals surface area contributed by atoms with Gasteiger partial charge in [0.25, 0.3) is 0 Å². The lowest BCUT2D eigenvalue weighted by atomic mass is 9.79. The summed E-state index contributed by atoms with van der Waals surface area (Å²) in [5.41, 5.74) is 5.28. The molecular weight excluding hydrogens is 252 g/mol. The molecule has 19 heavy (non-hydrogen) atoms. The Hall–Kier alpha value is -1.12. The number of rotatable bonds is 3. The predicted molar refractivity (Wildman–Crippen MR) is 80.8 cm³/mol. The molecule has 0 aliphatic heterocycles. The van der Waals surface area contributed by atoms with Crippen molar-refractivity contribution in [3.8, 4) is 0 Å². The second-order valence-electron chi connectivity index (χ2n) is 5.55. The third-order valence-corrected chi connectivity index (χ3v) is 5.14. The van der Waals surface area contributed by atoms with Crippen LogP contribution in [0.5, 0.6) is 0 Å². The van der Waals surface area contributed by atoms with Gasteiger partial charge >= 0.3 is 0 Å². The monoisotopic (exact) mass is 272 g/mol. The van der Waals surface area contributed by atoms with Crippen molar-refractivity contribution in [3.63, 3.8) is 0 Å². The molecule has 100 valence electrons. The molecular formula is C17H20OS. The number of thiophene rings is 1. The molecule has 1 nitrogen and oxygen atoms in total. The van der Waals surface area contributed by atoms with Crippen LogP contribution >= 0.6 is 11.3 Å². The molecule has 1 N–H and O–H groups in total. The van der Waals surface area contributed by atoms with Gasteiger partial charge in [0.15, 0.2) is 0 Å². The molecule has 2 aromatic rings. The van der Waals surface area contributed by atoms with Gasteiger partial charge < -0.3 is 5.11 Å². The highest BCUT2D eigenvalue weighted by Gasteiger charge is 2.23. The zero-order chi connectivity index (χ0) is 13.2. The predicted octanol–water partition coefficient (Wildman–Crippen LogP) is 4.60. The third-order valence-electron chi connectivity index (χ3n) is 4.26. The summed E-state index contributed by atoms with van der Waals surface area (Å²) in [6, 6.07) is 8.73. The lowest BCUT2D eigenvalue weighted by molar-refractivity contribution is 0.154. The van der Waals surface area contributed by atoms with E-state index in [0.29, 0.717) is 5.92 Å². The van der Waals surface area contributed by atoms with E-state index in [1.807, 2.05) is 0 Å². The molecule has 0 amide bonds. The molecule has 1 aromatic carbocycles. The molecule has 0 radical (unpaired) electrons. The second kappa shape index (κ2) is 5.48. The van der Waals surface area contributed by atoms with E-state index in [0.717, 1.165) is 12.0 Å². The normalized spacial score (nSPS) is 20.0. The van der Waals surface area contributed by atoms with Crippen LogP contribution in [-0.4, -0.2) is 5.11 Å². The lowest BCUT2D eigenvalue weighted by Crippen LogP contribution is -2.13. The zero-order valence-electron chi connectivity index (χ0n) is 11.3. The van der Waals surface area contributed by atoms with E-state index in [1.54, 1.807) is 11.3 Å². The minimum atomic E-state index is -0.317. The number of hydrogen-bond acceptors (Lipinski definition) is 2. The van der Waals surface area contributed by atoms with Crippen molar-refractivity contribution in [1.29, 1.82) is 0 Å². The first-order chi connectivity index (χ1) is 9.25. The van der Waals surface area contributed by atoms with Gasteiger partial charge in [-0.15, -0.1) is 0 Å². The number of hydrogen-bond donors (Lipinski definition) is 1. The summed E-state index contributed by atoms with van der Waals surface area (Å²) >= 11 is 1.68. The summed E-state index contributed by atoms with van der Waals surface area (Å²) in [5, 5.41) is 14.7. The van der Waals surface area contributed by atoms with Gasteiger partial charge in [-0.3, -0.25) is 0 Å². The molecule has 1 heterocycles. The van der Waals surface area contributed by atoms with Crippen LogP contribution < -0.4 is 0 Å². The number of fused-ring (bicyclic) bond motifs is 1. The average molecular weight is 272 g/mol. The van der Waals surface area contributed by atoms with Gasteiger partial charge in [0.1, 0.15) is 0 Å². The summed E-state index contributed by atoms with van der Waals surface area (Å²) < 4.78 is 0. The van der Waals surface area contributed by atoms with E-state index in [9.17, 15) is 5.11 Å². The molecule has 0 spiro atoms. The molecule has 2 atom stereocenters. The van der Waals surface area contributed by atoms with Gasteiger partial charge in [-0.1, -0.05) is 24.3 Å². The molecule has 2 unspecified atom stereocenters. The minimum Gasteiger partial charge on any atom is -0.388 e. The summed E-state index contributed by atoms with van der Waals surface area (Å²) in [6.07, 6.45) is 4.19. The molecule has 1 aliphatic rings. The lowest BCUT2D eigenvalue weighted by Gasteiger charge is -2.27. The van der Waals surface area contributed by atoms with Crippen LogP contribution in [0.4, 0.5) is 0 Å². The number of aliphatic hydroxyl groups is 1. The highest BCUT2D eigenvalue weighted by Crippen LogP contribution is 2.38. The number of aryl methyl sites for hydroxylation is 2. The summed E-state index contributed by atoms with van der Waals surface area (Å²) in [7, 11) is 0. The Bertz CT molecular complexity index is 558. The largest absolute Gasteiger partial charge is 0.388 e. The van der Waals surface area contributed by atoms with Gasteiger partial charge in [0.05, 0.1) is 6.10 Å². The van der Waals surface area contributed by atoms with Crippen molar-refractivity contribution in [2.45, 2.75) is 44.6 Å². The van der Waals surface area contributed by atoms with Gasteiger partial charge in [0, 0.05) is 0 Å². The zero-order valence-corrected chi connectivity index (χ0v) is 12.1. The quantitative estimate of drug-likeness (QED) is 0.865. The SMILES string of the molecule is Cc1cscc1C(O)CC1CCCc2ccccc21. The molecule has 1 aliphatic carbocycles. The topological polar surface area (TPSA) is 20.2 Å². The molecule has 0 saturated carbocycles. The van der Waals surface area contributed by atoms with Crippen molar-refractivity contribution in [3.05, 3.63) is 57.3 Å². The van der Waals surface area contributed by atoms with Crippen molar-refractivity contribution in [1.82, 2.24) is 0 Å². The van der Waals surface area contributed by atoms with Crippen molar-refractivity contribution >= 4 is 11.3 Å². The Kier molecular flexibility index (Phi) is 3.72. The van der Waals surface area contributed by atoms with Crippen LogP contribution in [0.1, 0.15) is 53.5 Å². The first-order valence-corrected chi connectivity index (χ1v) is 7.98. The summed E-state index contributed by atoms with van der Waals surface area (Å²) in [4.78, 5) is 0. The molecule has 3 rings (SSSR count). The van der Waals surface area contributed by atoms with E-state index in [2.05, 4.69) is 41.9 Å². The smallest absolute Gasteiger partial charge is 0.0806 e. The fraction of sp³-hybridized carbons (Fsp3) is 0.412. The maximum absolute atomic E-state index is 10.5. The molecule has 2 heteroatoms. The Morgan fingerprint density at radius 2 is 2.16 bits per heavy atom. The molecule has 1 aromatic heterocycles. The van der Waals surface area contributed by atoms with Gasteiger partial charge in [-0.25, -0.2) is 0 Å². The highest BCUT2D eigenvalue weighted by atomic mass is 32.1. The molecule has 0 saturated heterocycles. The van der Waals surface area contributed by atoms with Crippen molar-refractivity contribution in [2.24, 2.45) is 0 Å². The summed E-state index contributed by atoms with van der Waals surface area (Å²) in [5.74, 6) is 0.513. The first-order valence-electron chi connectivity index (χ1n) is 7.04. The fourth-order valence-electron chi connectivity index (χ4n) is 3.21. The van der Waals surface area contributed by atoms with Gasteiger partial charge in [-0.05, 0) is 71.5 Å². The summed E-state index contributed by atoms with van der Waals surface area (Å²) in [6.45, 7) is 2.09. The maximum Gasteiger partial charge on any atom is 0.0806 e. The van der Waals surface area contributed by atoms with Gasteiger partial charge in [0.2, 0.25) is 0 Å². The van der Waals surface area contributed by atoms with E-state index < -0.39 is 0 Å². The van der Waals surface area contributed by atoms with Crippen LogP contribution in [0.2, 0.25) is 0 Å². The second-order valence-corrected chi connectivity index (χ2v) is 6.29. The average Bonchev–Trinajstić information content (AvgIpc) is 2.85. The third kappa shape index (κ3) is 2.60. The van der Waals surface area contributed by atoms with Crippen LogP contribution in [0, 0.1) is 6.92 Å². The van der Waals surface area contributed by atoms with Crippen LogP contribution in [0.3, 0.4) is 0 Å². The Labute approximate surface area is 118 Å². The molecule has 0 fully saturated rings. The van der Waals surface area contributed by atoms with Crippen LogP contribution in [0.15, 0.2) is 35.0 Å². The fourth-order valence-corrected chi connectivity index (χ4v) is 4.11.